The Morgan fingerprint density at radius 3 is 2.92 bits per heavy atom. The number of rotatable bonds is 2. The molecule has 6 heteroatoms. The number of nitrogens with two attached hydrogens (primary N) is 2. The SMILES string of the molecule is NCC1CCC(c2nc(N)n[nH]2)O1. The van der Waals surface area contributed by atoms with Crippen LogP contribution in [0.15, 0.2) is 0 Å². The van der Waals surface area contributed by atoms with Crippen LogP contribution in [0.3, 0.4) is 0 Å². The van der Waals surface area contributed by atoms with Crippen LogP contribution >= 0.6 is 0 Å². The molecule has 0 aliphatic carbocycles. The molecule has 5 N–H and O–H groups in total. The zero-order valence-electron chi connectivity index (χ0n) is 7.23. The van der Waals surface area contributed by atoms with E-state index in [1.54, 1.807) is 0 Å². The van der Waals surface area contributed by atoms with Gasteiger partial charge in [-0.25, -0.2) is 0 Å². The standard InChI is InChI=1S/C7H13N5O/c8-3-4-1-2-5(13-4)6-10-7(9)12-11-6/h4-5H,1-3,8H2,(H3,9,10,11,12). The second kappa shape index (κ2) is 3.31. The van der Waals surface area contributed by atoms with E-state index < -0.39 is 0 Å². The molecule has 1 fully saturated rings. The van der Waals surface area contributed by atoms with E-state index in [-0.39, 0.29) is 18.2 Å². The summed E-state index contributed by atoms with van der Waals surface area (Å²) in [4.78, 5) is 4.01. The number of ether oxygens (including phenoxy) is 1. The van der Waals surface area contributed by atoms with Gasteiger partial charge in [-0.2, -0.15) is 4.98 Å². The van der Waals surface area contributed by atoms with Gasteiger partial charge in [0, 0.05) is 6.54 Å². The molecule has 0 aromatic carbocycles. The third kappa shape index (κ3) is 1.63. The van der Waals surface area contributed by atoms with E-state index in [0.717, 1.165) is 12.8 Å². The lowest BCUT2D eigenvalue weighted by molar-refractivity contribution is 0.0450. The van der Waals surface area contributed by atoms with Crippen LogP contribution in [0.1, 0.15) is 24.8 Å². The van der Waals surface area contributed by atoms with Gasteiger partial charge in [-0.1, -0.05) is 0 Å². The maximum atomic E-state index is 5.60. The van der Waals surface area contributed by atoms with Crippen molar-refractivity contribution in [3.8, 4) is 0 Å². The summed E-state index contributed by atoms with van der Waals surface area (Å²) in [7, 11) is 0. The van der Waals surface area contributed by atoms with Gasteiger partial charge in [-0.15, -0.1) is 5.10 Å². The topological polar surface area (TPSA) is 103 Å². The van der Waals surface area contributed by atoms with Crippen molar-refractivity contribution in [2.24, 2.45) is 5.73 Å². The summed E-state index contributed by atoms with van der Waals surface area (Å²) >= 11 is 0. The highest BCUT2D eigenvalue weighted by atomic mass is 16.5. The molecule has 6 nitrogen and oxygen atoms in total. The predicted octanol–water partition coefficient (Wildman–Crippen LogP) is -0.434. The van der Waals surface area contributed by atoms with Crippen LogP contribution in [0.25, 0.3) is 0 Å². The Morgan fingerprint density at radius 2 is 2.38 bits per heavy atom. The number of aromatic amines is 1. The number of anilines is 1. The quantitative estimate of drug-likeness (QED) is 0.577. The Bertz CT molecular complexity index is 286. The molecule has 1 aliphatic heterocycles. The van der Waals surface area contributed by atoms with Crippen LogP contribution in [0, 0.1) is 0 Å². The van der Waals surface area contributed by atoms with E-state index in [2.05, 4.69) is 15.2 Å². The Balaban J connectivity index is 2.03. The number of nitrogen functional groups attached to an aromatic ring is 1. The van der Waals surface area contributed by atoms with Gasteiger partial charge in [0.1, 0.15) is 6.10 Å². The second-order valence-electron chi connectivity index (χ2n) is 3.14. The fourth-order valence-corrected chi connectivity index (χ4v) is 1.51. The maximum Gasteiger partial charge on any atom is 0.239 e. The normalized spacial score (nSPS) is 28.1. The highest BCUT2D eigenvalue weighted by molar-refractivity contribution is 5.14. The third-order valence-electron chi connectivity index (χ3n) is 2.20. The Labute approximate surface area is 75.7 Å². The van der Waals surface area contributed by atoms with Crippen LogP contribution in [-0.4, -0.2) is 27.8 Å². The Hall–Kier alpha value is -1.14. The molecule has 0 radical (unpaired) electrons. The van der Waals surface area contributed by atoms with Gasteiger partial charge < -0.3 is 16.2 Å². The molecule has 0 spiro atoms. The Kier molecular flexibility index (Phi) is 2.15. The molecule has 2 rings (SSSR count). The minimum atomic E-state index is -0.0154. The summed E-state index contributed by atoms with van der Waals surface area (Å²) in [6.45, 7) is 0.556. The van der Waals surface area contributed by atoms with E-state index in [4.69, 9.17) is 16.2 Å². The average Bonchev–Trinajstić information content (AvgIpc) is 2.71. The number of aromatic nitrogens is 3. The smallest absolute Gasteiger partial charge is 0.239 e. The first kappa shape index (κ1) is 8.46. The molecule has 0 bridgehead atoms. The lowest BCUT2D eigenvalue weighted by Gasteiger charge is -2.08. The molecule has 72 valence electrons. The zero-order valence-corrected chi connectivity index (χ0v) is 7.23. The highest BCUT2D eigenvalue weighted by Crippen LogP contribution is 2.30. The molecule has 1 aromatic heterocycles. The molecule has 2 unspecified atom stereocenters. The lowest BCUT2D eigenvalue weighted by Crippen LogP contribution is -2.19. The van der Waals surface area contributed by atoms with Crippen LogP contribution in [0.4, 0.5) is 5.95 Å². The van der Waals surface area contributed by atoms with Gasteiger partial charge in [-0.3, -0.25) is 5.10 Å². The molecular formula is C7H13N5O. The molecule has 2 atom stereocenters. The lowest BCUT2D eigenvalue weighted by atomic mass is 10.2. The first-order valence-corrected chi connectivity index (χ1v) is 4.33. The molecule has 0 saturated carbocycles. The average molecular weight is 183 g/mol. The minimum absolute atomic E-state index is 0.0154. The van der Waals surface area contributed by atoms with Crippen molar-refractivity contribution >= 4 is 5.95 Å². The first-order valence-electron chi connectivity index (χ1n) is 4.33. The van der Waals surface area contributed by atoms with Crippen LogP contribution in [-0.2, 0) is 4.74 Å². The fourth-order valence-electron chi connectivity index (χ4n) is 1.51. The van der Waals surface area contributed by atoms with E-state index in [1.807, 2.05) is 0 Å². The summed E-state index contributed by atoms with van der Waals surface area (Å²) in [6.07, 6.45) is 2.04. The monoisotopic (exact) mass is 183 g/mol. The van der Waals surface area contributed by atoms with Gasteiger partial charge in [-0.05, 0) is 12.8 Å². The number of hydrogen-bond acceptors (Lipinski definition) is 5. The van der Waals surface area contributed by atoms with Crippen molar-refractivity contribution in [2.75, 3.05) is 12.3 Å². The minimum Gasteiger partial charge on any atom is -0.367 e. The number of nitrogens with one attached hydrogen (secondary N) is 1. The van der Waals surface area contributed by atoms with Crippen LogP contribution in [0.2, 0.25) is 0 Å². The molecule has 13 heavy (non-hydrogen) atoms. The van der Waals surface area contributed by atoms with Crippen molar-refractivity contribution in [1.29, 1.82) is 0 Å². The van der Waals surface area contributed by atoms with Crippen molar-refractivity contribution in [1.82, 2.24) is 15.2 Å². The summed E-state index contributed by atoms with van der Waals surface area (Å²) in [5.41, 5.74) is 10.9. The van der Waals surface area contributed by atoms with E-state index in [1.165, 1.54) is 0 Å². The summed E-state index contributed by atoms with van der Waals surface area (Å²) in [5, 5.41) is 6.48. The summed E-state index contributed by atoms with van der Waals surface area (Å²) in [5.74, 6) is 0.961. The van der Waals surface area contributed by atoms with E-state index in [9.17, 15) is 0 Å². The van der Waals surface area contributed by atoms with Gasteiger partial charge >= 0.3 is 0 Å². The van der Waals surface area contributed by atoms with Crippen LogP contribution < -0.4 is 11.5 Å². The highest BCUT2D eigenvalue weighted by Gasteiger charge is 2.27. The second-order valence-corrected chi connectivity index (χ2v) is 3.14. The van der Waals surface area contributed by atoms with Gasteiger partial charge in [0.15, 0.2) is 5.82 Å². The number of hydrogen-bond donors (Lipinski definition) is 3. The van der Waals surface area contributed by atoms with Crippen molar-refractivity contribution in [3.63, 3.8) is 0 Å². The van der Waals surface area contributed by atoms with Gasteiger partial charge in [0.2, 0.25) is 5.95 Å². The molecule has 1 aliphatic rings. The van der Waals surface area contributed by atoms with Crippen molar-refractivity contribution in [3.05, 3.63) is 5.82 Å². The first-order chi connectivity index (χ1) is 6.29. The van der Waals surface area contributed by atoms with E-state index >= 15 is 0 Å². The molecule has 0 amide bonds. The molecule has 1 saturated heterocycles. The van der Waals surface area contributed by atoms with Crippen molar-refractivity contribution < 1.29 is 4.74 Å². The Morgan fingerprint density at radius 1 is 1.54 bits per heavy atom. The molecular weight excluding hydrogens is 170 g/mol. The maximum absolute atomic E-state index is 5.60. The largest absolute Gasteiger partial charge is 0.367 e. The number of nitrogens with zero attached hydrogens (tertiary/aromatic N) is 2. The molecule has 2 heterocycles. The van der Waals surface area contributed by atoms with Crippen LogP contribution in [0.5, 0.6) is 0 Å². The third-order valence-corrected chi connectivity index (χ3v) is 2.20. The van der Waals surface area contributed by atoms with E-state index in [0.29, 0.717) is 12.4 Å². The van der Waals surface area contributed by atoms with Gasteiger partial charge in [0.05, 0.1) is 6.10 Å². The molecule has 1 aromatic rings. The predicted molar refractivity (Wildman–Crippen MR) is 46.7 cm³/mol. The fraction of sp³-hybridized carbons (Fsp3) is 0.714. The zero-order chi connectivity index (χ0) is 9.26. The summed E-state index contributed by atoms with van der Waals surface area (Å²) < 4.78 is 5.60. The number of H-pyrrole nitrogens is 1. The van der Waals surface area contributed by atoms with Crippen molar-refractivity contribution in [2.45, 2.75) is 25.0 Å². The van der Waals surface area contributed by atoms with Gasteiger partial charge in [0.25, 0.3) is 0 Å². The summed E-state index contributed by atoms with van der Waals surface area (Å²) in [6, 6.07) is 0.